The lowest BCUT2D eigenvalue weighted by Crippen LogP contribution is -2.46. The quantitative estimate of drug-likeness (QED) is 0.339. The predicted molar refractivity (Wildman–Crippen MR) is 143 cm³/mol. The van der Waals surface area contributed by atoms with Gasteiger partial charge in [-0.2, -0.15) is 4.37 Å². The summed E-state index contributed by atoms with van der Waals surface area (Å²) in [6.45, 7) is 2.23. The lowest BCUT2D eigenvalue weighted by Gasteiger charge is -2.33. The van der Waals surface area contributed by atoms with E-state index in [9.17, 15) is 9.59 Å². The van der Waals surface area contributed by atoms with E-state index < -0.39 is 11.9 Å². The van der Waals surface area contributed by atoms with Gasteiger partial charge in [-0.1, -0.05) is 60.3 Å². The van der Waals surface area contributed by atoms with Crippen LogP contribution in [0.2, 0.25) is 9.36 Å². The highest BCUT2D eigenvalue weighted by molar-refractivity contribution is 7.11. The van der Waals surface area contributed by atoms with E-state index in [0.29, 0.717) is 29.4 Å². The standard InChI is InChI=1S/C26H27Cl2N3O4S/c1-3-35-20-11-7-6-10-19(20)31(26(33)22-21(27)24(28)36-30-22)23(16-12-14-18(34-2)15-13-16)25(32)29-17-8-4-5-9-17/h6-7,10-15,17,23H,3-5,8-9H2,1-2H3,(H,29,32). The van der Waals surface area contributed by atoms with E-state index in [0.717, 1.165) is 37.2 Å². The average molecular weight is 548 g/mol. The Balaban J connectivity index is 1.88. The first-order valence-corrected chi connectivity index (χ1v) is 13.3. The number of benzene rings is 2. The summed E-state index contributed by atoms with van der Waals surface area (Å²) in [6, 6.07) is 13.2. The number of amides is 2. The first kappa shape index (κ1) is 26.3. The van der Waals surface area contributed by atoms with Crippen LogP contribution in [-0.2, 0) is 4.79 Å². The maximum absolute atomic E-state index is 14.1. The van der Waals surface area contributed by atoms with E-state index in [-0.39, 0.29) is 27.0 Å². The van der Waals surface area contributed by atoms with Gasteiger partial charge in [-0.25, -0.2) is 0 Å². The molecule has 3 aromatic rings. The second kappa shape index (κ2) is 12.0. The lowest BCUT2D eigenvalue weighted by atomic mass is 10.0. The molecule has 1 fully saturated rings. The summed E-state index contributed by atoms with van der Waals surface area (Å²) < 4.78 is 15.6. The lowest BCUT2D eigenvalue weighted by molar-refractivity contribution is -0.123. The van der Waals surface area contributed by atoms with Gasteiger partial charge >= 0.3 is 0 Å². The summed E-state index contributed by atoms with van der Waals surface area (Å²) in [5.41, 5.74) is 1.00. The number of carbonyl (C=O) groups excluding carboxylic acids is 2. The summed E-state index contributed by atoms with van der Waals surface area (Å²) in [7, 11) is 1.57. The molecule has 1 unspecified atom stereocenters. The third-order valence-electron chi connectivity index (χ3n) is 6.08. The third-order valence-corrected chi connectivity index (χ3v) is 7.69. The number of hydrogen-bond donors (Lipinski definition) is 1. The Bertz CT molecular complexity index is 1210. The minimum Gasteiger partial charge on any atom is -0.497 e. The van der Waals surface area contributed by atoms with Crippen molar-refractivity contribution >= 4 is 52.2 Å². The number of ether oxygens (including phenoxy) is 2. The largest absolute Gasteiger partial charge is 0.497 e. The minimum absolute atomic E-state index is 0.0230. The van der Waals surface area contributed by atoms with Gasteiger partial charge in [0.25, 0.3) is 5.91 Å². The van der Waals surface area contributed by atoms with Crippen LogP contribution >= 0.6 is 34.7 Å². The average Bonchev–Trinajstić information content (AvgIpc) is 3.52. The summed E-state index contributed by atoms with van der Waals surface area (Å²) in [5.74, 6) is 0.232. The number of nitrogens with one attached hydrogen (secondary N) is 1. The van der Waals surface area contributed by atoms with E-state index in [2.05, 4.69) is 9.69 Å². The minimum atomic E-state index is -1.03. The van der Waals surface area contributed by atoms with Crippen LogP contribution in [0.25, 0.3) is 0 Å². The fourth-order valence-electron chi connectivity index (χ4n) is 4.36. The van der Waals surface area contributed by atoms with Gasteiger partial charge in [0.2, 0.25) is 5.91 Å². The van der Waals surface area contributed by atoms with Crippen LogP contribution < -0.4 is 19.7 Å². The molecule has 10 heteroatoms. The second-order valence-corrected chi connectivity index (χ2v) is 10.1. The van der Waals surface area contributed by atoms with E-state index in [4.69, 9.17) is 32.7 Å². The van der Waals surface area contributed by atoms with Gasteiger partial charge in [-0.05, 0) is 61.1 Å². The molecule has 0 aliphatic heterocycles. The predicted octanol–water partition coefficient (Wildman–Crippen LogP) is 6.30. The van der Waals surface area contributed by atoms with E-state index >= 15 is 0 Å². The normalized spacial score (nSPS) is 14.3. The SMILES string of the molecule is CCOc1ccccc1N(C(=O)c1nsc(Cl)c1Cl)C(C(=O)NC1CCCC1)c1ccc(OC)cc1. The molecule has 1 aromatic heterocycles. The number of anilines is 1. The van der Waals surface area contributed by atoms with Crippen LogP contribution in [0.15, 0.2) is 48.5 Å². The van der Waals surface area contributed by atoms with Gasteiger partial charge in [-0.3, -0.25) is 14.5 Å². The van der Waals surface area contributed by atoms with Crippen LogP contribution in [-0.4, -0.2) is 35.9 Å². The summed E-state index contributed by atoms with van der Waals surface area (Å²) in [5, 5.41) is 3.20. The van der Waals surface area contributed by atoms with Crippen molar-refractivity contribution in [2.75, 3.05) is 18.6 Å². The second-order valence-electron chi connectivity index (χ2n) is 8.36. The molecule has 1 saturated carbocycles. The molecule has 0 bridgehead atoms. The number of aromatic nitrogens is 1. The molecule has 1 N–H and O–H groups in total. The number of carbonyl (C=O) groups is 2. The smallest absolute Gasteiger partial charge is 0.280 e. The van der Waals surface area contributed by atoms with Crippen molar-refractivity contribution in [1.82, 2.24) is 9.69 Å². The third kappa shape index (κ3) is 5.61. The van der Waals surface area contributed by atoms with Crippen molar-refractivity contribution in [3.8, 4) is 11.5 Å². The Hall–Kier alpha value is -2.81. The highest BCUT2D eigenvalue weighted by Crippen LogP contribution is 2.39. The monoisotopic (exact) mass is 547 g/mol. The van der Waals surface area contributed by atoms with Crippen LogP contribution in [0, 0.1) is 0 Å². The summed E-state index contributed by atoms with van der Waals surface area (Å²) in [6.07, 6.45) is 3.91. The van der Waals surface area contributed by atoms with Gasteiger partial charge in [0.1, 0.15) is 26.9 Å². The number of halogens is 2. The Labute approximate surface area is 224 Å². The van der Waals surface area contributed by atoms with Crippen molar-refractivity contribution in [3.05, 3.63) is 69.1 Å². The van der Waals surface area contributed by atoms with Crippen molar-refractivity contribution in [3.63, 3.8) is 0 Å². The zero-order valence-corrected chi connectivity index (χ0v) is 22.3. The van der Waals surface area contributed by atoms with Crippen molar-refractivity contribution in [2.45, 2.75) is 44.7 Å². The van der Waals surface area contributed by atoms with Crippen molar-refractivity contribution in [2.24, 2.45) is 0 Å². The highest BCUT2D eigenvalue weighted by Gasteiger charge is 2.38. The molecule has 0 spiro atoms. The number of para-hydroxylation sites is 2. The molecule has 2 aromatic carbocycles. The Morgan fingerprint density at radius 2 is 1.83 bits per heavy atom. The van der Waals surface area contributed by atoms with E-state index in [1.807, 2.05) is 13.0 Å². The van der Waals surface area contributed by atoms with Crippen LogP contribution in [0.4, 0.5) is 5.69 Å². The molecule has 36 heavy (non-hydrogen) atoms. The molecular weight excluding hydrogens is 521 g/mol. The van der Waals surface area contributed by atoms with Gasteiger partial charge in [0.15, 0.2) is 5.69 Å². The number of rotatable bonds is 9. The maximum Gasteiger partial charge on any atom is 0.280 e. The number of hydrogen-bond acceptors (Lipinski definition) is 6. The molecule has 0 saturated heterocycles. The first-order chi connectivity index (χ1) is 17.4. The van der Waals surface area contributed by atoms with Gasteiger partial charge in [0.05, 0.1) is 19.4 Å². The molecule has 7 nitrogen and oxygen atoms in total. The molecule has 0 radical (unpaired) electrons. The Morgan fingerprint density at radius 3 is 2.44 bits per heavy atom. The zero-order chi connectivity index (χ0) is 25.7. The summed E-state index contributed by atoms with van der Waals surface area (Å²) in [4.78, 5) is 29.4. The van der Waals surface area contributed by atoms with Crippen LogP contribution in [0.5, 0.6) is 11.5 Å². The first-order valence-electron chi connectivity index (χ1n) is 11.7. The molecule has 190 valence electrons. The molecular formula is C26H27Cl2N3O4S. The maximum atomic E-state index is 14.1. The van der Waals surface area contributed by atoms with E-state index in [1.165, 1.54) is 4.90 Å². The highest BCUT2D eigenvalue weighted by atomic mass is 35.5. The van der Waals surface area contributed by atoms with Gasteiger partial charge in [0, 0.05) is 6.04 Å². The molecule has 1 aliphatic rings. The van der Waals surface area contributed by atoms with Crippen LogP contribution in [0.3, 0.4) is 0 Å². The summed E-state index contributed by atoms with van der Waals surface area (Å²) >= 11 is 13.4. The fraction of sp³-hybridized carbons (Fsp3) is 0.346. The number of methoxy groups -OCH3 is 1. The molecule has 4 rings (SSSR count). The van der Waals surface area contributed by atoms with Gasteiger partial charge < -0.3 is 14.8 Å². The van der Waals surface area contributed by atoms with Crippen LogP contribution in [0.1, 0.15) is 54.7 Å². The van der Waals surface area contributed by atoms with Gasteiger partial charge in [-0.15, -0.1) is 0 Å². The topological polar surface area (TPSA) is 80.8 Å². The molecule has 1 heterocycles. The molecule has 2 amide bonds. The fourth-order valence-corrected chi connectivity index (χ4v) is 5.35. The Morgan fingerprint density at radius 1 is 1.14 bits per heavy atom. The number of nitrogens with zero attached hydrogens (tertiary/aromatic N) is 2. The molecule has 1 aliphatic carbocycles. The van der Waals surface area contributed by atoms with E-state index in [1.54, 1.807) is 49.6 Å². The Kier molecular flexibility index (Phi) is 8.72. The molecule has 1 atom stereocenters. The van der Waals surface area contributed by atoms with Crippen molar-refractivity contribution < 1.29 is 19.1 Å². The zero-order valence-electron chi connectivity index (χ0n) is 20.0. The van der Waals surface area contributed by atoms with Crippen molar-refractivity contribution in [1.29, 1.82) is 0 Å².